The smallest absolute Gasteiger partial charge is 0.317 e. The molecule has 24 heavy (non-hydrogen) atoms. The standard InChI is InChI=1S/C16H26N4O3S/c1-4-20(9-15(21)22)13-7-12(8-13)19-16(23)17-6-5-14-18-10(2)11(3)24-14/h12-13H,4-9H2,1-3H3,(H,21,22)(H2,17,19,23). The summed E-state index contributed by atoms with van der Waals surface area (Å²) in [4.78, 5) is 30.3. The second-order valence-electron chi connectivity index (χ2n) is 6.18. The van der Waals surface area contributed by atoms with E-state index in [-0.39, 0.29) is 24.7 Å². The lowest BCUT2D eigenvalue weighted by atomic mass is 9.85. The summed E-state index contributed by atoms with van der Waals surface area (Å²) in [5.41, 5.74) is 1.06. The molecule has 7 nitrogen and oxygen atoms in total. The average molecular weight is 354 g/mol. The van der Waals surface area contributed by atoms with Gasteiger partial charge in [-0.2, -0.15) is 0 Å². The predicted octanol–water partition coefficient (Wildman–Crippen LogP) is 1.54. The van der Waals surface area contributed by atoms with E-state index in [1.807, 2.05) is 25.7 Å². The zero-order valence-electron chi connectivity index (χ0n) is 14.5. The molecule has 1 aliphatic carbocycles. The second-order valence-corrected chi connectivity index (χ2v) is 7.47. The first-order valence-corrected chi connectivity index (χ1v) is 9.13. The average Bonchev–Trinajstić information content (AvgIpc) is 2.78. The van der Waals surface area contributed by atoms with Gasteiger partial charge in [-0.3, -0.25) is 9.69 Å². The van der Waals surface area contributed by atoms with Crippen LogP contribution in [0.4, 0.5) is 4.79 Å². The summed E-state index contributed by atoms with van der Waals surface area (Å²) in [6, 6.07) is 0.213. The van der Waals surface area contributed by atoms with E-state index >= 15 is 0 Å². The van der Waals surface area contributed by atoms with Crippen LogP contribution in [0.25, 0.3) is 0 Å². The summed E-state index contributed by atoms with van der Waals surface area (Å²) in [5.74, 6) is -0.807. The highest BCUT2D eigenvalue weighted by molar-refractivity contribution is 7.11. The van der Waals surface area contributed by atoms with Gasteiger partial charge < -0.3 is 15.7 Å². The van der Waals surface area contributed by atoms with Crippen molar-refractivity contribution in [1.29, 1.82) is 0 Å². The first-order chi connectivity index (χ1) is 11.4. The monoisotopic (exact) mass is 354 g/mol. The summed E-state index contributed by atoms with van der Waals surface area (Å²) in [6.45, 7) is 7.34. The minimum Gasteiger partial charge on any atom is -0.480 e. The molecule has 0 saturated heterocycles. The molecule has 3 N–H and O–H groups in total. The number of hydrogen-bond donors (Lipinski definition) is 3. The third-order valence-corrected chi connectivity index (χ3v) is 5.54. The Hall–Kier alpha value is -1.67. The number of likely N-dealkylation sites (N-methyl/N-ethyl adjacent to an activating group) is 1. The molecule has 1 aliphatic rings. The highest BCUT2D eigenvalue weighted by Crippen LogP contribution is 2.25. The Balaban J connectivity index is 1.63. The Morgan fingerprint density at radius 2 is 2.08 bits per heavy atom. The molecule has 8 heteroatoms. The van der Waals surface area contributed by atoms with Gasteiger partial charge in [0.05, 0.1) is 17.2 Å². The molecule has 1 aromatic rings. The molecule has 0 unspecified atom stereocenters. The summed E-state index contributed by atoms with van der Waals surface area (Å²) in [7, 11) is 0. The van der Waals surface area contributed by atoms with Crippen molar-refractivity contribution >= 4 is 23.3 Å². The number of nitrogens with zero attached hydrogens (tertiary/aromatic N) is 2. The Labute approximate surface area is 146 Å². The molecule has 0 bridgehead atoms. The normalized spacial score (nSPS) is 19.8. The highest BCUT2D eigenvalue weighted by Gasteiger charge is 2.34. The maximum Gasteiger partial charge on any atom is 0.317 e. The topological polar surface area (TPSA) is 94.6 Å². The maximum absolute atomic E-state index is 11.9. The fraction of sp³-hybridized carbons (Fsp3) is 0.688. The summed E-state index contributed by atoms with van der Waals surface area (Å²) in [5, 5.41) is 15.7. The molecule has 0 aromatic carbocycles. The number of carboxylic acids is 1. The van der Waals surface area contributed by atoms with Crippen LogP contribution >= 0.6 is 11.3 Å². The van der Waals surface area contributed by atoms with E-state index in [4.69, 9.17) is 5.11 Å². The molecule has 1 aromatic heterocycles. The van der Waals surface area contributed by atoms with E-state index in [9.17, 15) is 9.59 Å². The van der Waals surface area contributed by atoms with Gasteiger partial charge in [0.2, 0.25) is 0 Å². The number of aliphatic carboxylic acids is 1. The summed E-state index contributed by atoms with van der Waals surface area (Å²) in [6.07, 6.45) is 2.35. The van der Waals surface area contributed by atoms with Crippen LogP contribution < -0.4 is 10.6 Å². The van der Waals surface area contributed by atoms with E-state index in [1.54, 1.807) is 11.3 Å². The van der Waals surface area contributed by atoms with E-state index in [0.717, 1.165) is 30.0 Å². The van der Waals surface area contributed by atoms with Crippen LogP contribution in [0.3, 0.4) is 0 Å². The van der Waals surface area contributed by atoms with Crippen molar-refractivity contribution in [3.63, 3.8) is 0 Å². The molecule has 0 radical (unpaired) electrons. The second kappa shape index (κ2) is 8.43. The number of hydrogen-bond acceptors (Lipinski definition) is 5. The molecule has 0 atom stereocenters. The van der Waals surface area contributed by atoms with E-state index in [1.165, 1.54) is 4.88 Å². The summed E-state index contributed by atoms with van der Waals surface area (Å²) >= 11 is 1.67. The minimum absolute atomic E-state index is 0.0622. The highest BCUT2D eigenvalue weighted by atomic mass is 32.1. The largest absolute Gasteiger partial charge is 0.480 e. The van der Waals surface area contributed by atoms with Gasteiger partial charge >= 0.3 is 12.0 Å². The SMILES string of the molecule is CCN(CC(=O)O)C1CC(NC(=O)NCCc2nc(C)c(C)s2)C1. The fourth-order valence-electron chi connectivity index (χ4n) is 2.84. The number of aryl methyl sites for hydroxylation is 2. The first-order valence-electron chi connectivity index (χ1n) is 8.32. The molecule has 1 fully saturated rings. The number of nitrogens with one attached hydrogen (secondary N) is 2. The van der Waals surface area contributed by atoms with Crippen LogP contribution in [0.5, 0.6) is 0 Å². The molecule has 0 aliphatic heterocycles. The molecule has 2 rings (SSSR count). The van der Waals surface area contributed by atoms with Gasteiger partial charge in [-0.15, -0.1) is 11.3 Å². The molecule has 1 saturated carbocycles. The van der Waals surface area contributed by atoms with Gasteiger partial charge in [0.25, 0.3) is 0 Å². The Kier molecular flexibility index (Phi) is 6.56. The third kappa shape index (κ3) is 5.17. The van der Waals surface area contributed by atoms with Gasteiger partial charge in [-0.25, -0.2) is 9.78 Å². The molecule has 1 heterocycles. The number of thiazole rings is 1. The van der Waals surface area contributed by atoms with Crippen LogP contribution in [0, 0.1) is 13.8 Å². The van der Waals surface area contributed by atoms with Crippen LogP contribution in [0.15, 0.2) is 0 Å². The number of carboxylic acid groups (broad SMARTS) is 1. The van der Waals surface area contributed by atoms with Crippen molar-refractivity contribution < 1.29 is 14.7 Å². The van der Waals surface area contributed by atoms with Gasteiger partial charge in [0, 0.05) is 29.9 Å². The number of carbonyl (C=O) groups excluding carboxylic acids is 1. The molecule has 0 spiro atoms. The minimum atomic E-state index is -0.807. The van der Waals surface area contributed by atoms with Crippen molar-refractivity contribution in [2.45, 2.75) is 52.1 Å². The zero-order valence-corrected chi connectivity index (χ0v) is 15.3. The van der Waals surface area contributed by atoms with Gasteiger partial charge in [-0.05, 0) is 33.2 Å². The number of urea groups is 1. The van der Waals surface area contributed by atoms with Crippen LogP contribution in [-0.4, -0.2) is 58.7 Å². The lowest BCUT2D eigenvalue weighted by molar-refractivity contribution is -0.139. The van der Waals surface area contributed by atoms with E-state index in [2.05, 4.69) is 15.6 Å². The fourth-order valence-corrected chi connectivity index (χ4v) is 3.78. The predicted molar refractivity (Wildman–Crippen MR) is 93.5 cm³/mol. The van der Waals surface area contributed by atoms with Crippen molar-refractivity contribution in [3.8, 4) is 0 Å². The van der Waals surface area contributed by atoms with Gasteiger partial charge in [0.1, 0.15) is 0 Å². The van der Waals surface area contributed by atoms with E-state index < -0.39 is 5.97 Å². The number of carbonyl (C=O) groups is 2. The van der Waals surface area contributed by atoms with Gasteiger partial charge in [-0.1, -0.05) is 6.92 Å². The van der Waals surface area contributed by atoms with Crippen molar-refractivity contribution in [2.75, 3.05) is 19.6 Å². The third-order valence-electron chi connectivity index (χ3n) is 4.41. The first kappa shape index (κ1) is 18.7. The summed E-state index contributed by atoms with van der Waals surface area (Å²) < 4.78 is 0. The molecular formula is C16H26N4O3S. The Morgan fingerprint density at radius 1 is 1.38 bits per heavy atom. The quantitative estimate of drug-likeness (QED) is 0.658. The number of rotatable bonds is 8. The molecule has 2 amide bonds. The lowest BCUT2D eigenvalue weighted by Gasteiger charge is -2.42. The maximum atomic E-state index is 11.9. The number of aromatic nitrogens is 1. The van der Waals surface area contributed by atoms with Gasteiger partial charge in [0.15, 0.2) is 0 Å². The van der Waals surface area contributed by atoms with Crippen LogP contribution in [0.2, 0.25) is 0 Å². The molecule has 134 valence electrons. The lowest BCUT2D eigenvalue weighted by Crippen LogP contribution is -2.56. The Bertz CT molecular complexity index is 564. The van der Waals surface area contributed by atoms with E-state index in [0.29, 0.717) is 13.1 Å². The van der Waals surface area contributed by atoms with Crippen molar-refractivity contribution in [1.82, 2.24) is 20.5 Å². The van der Waals surface area contributed by atoms with Crippen LogP contribution in [-0.2, 0) is 11.2 Å². The molecular weight excluding hydrogens is 328 g/mol. The zero-order chi connectivity index (χ0) is 17.7. The van der Waals surface area contributed by atoms with Crippen LogP contribution in [0.1, 0.15) is 35.3 Å². The van der Waals surface area contributed by atoms with Crippen molar-refractivity contribution in [2.24, 2.45) is 0 Å². The number of amides is 2. The Morgan fingerprint density at radius 3 is 2.62 bits per heavy atom. The van der Waals surface area contributed by atoms with Crippen molar-refractivity contribution in [3.05, 3.63) is 15.6 Å².